The highest BCUT2D eigenvalue weighted by molar-refractivity contribution is 5.76. The first-order valence-corrected chi connectivity index (χ1v) is 5.36. The van der Waals surface area contributed by atoms with Crippen LogP contribution < -0.4 is 0 Å². The van der Waals surface area contributed by atoms with Crippen molar-refractivity contribution in [2.75, 3.05) is 0 Å². The molecule has 1 unspecified atom stereocenters. The molecule has 0 amide bonds. The average molecular weight is 253 g/mol. The van der Waals surface area contributed by atoms with Gasteiger partial charge >= 0.3 is 5.97 Å². The van der Waals surface area contributed by atoms with Gasteiger partial charge in [-0.1, -0.05) is 12.1 Å². The minimum Gasteiger partial charge on any atom is -0.458 e. The molecule has 18 heavy (non-hydrogen) atoms. The Hall–Kier alpha value is -1.95. The van der Waals surface area contributed by atoms with Crippen LogP contribution >= 0.6 is 0 Å². The van der Waals surface area contributed by atoms with Crippen molar-refractivity contribution in [1.82, 2.24) is 0 Å². The van der Waals surface area contributed by atoms with E-state index in [4.69, 9.17) is 4.74 Å². The van der Waals surface area contributed by atoms with Gasteiger partial charge in [-0.25, -0.2) is 4.79 Å². The molecular weight excluding hydrogens is 238 g/mol. The summed E-state index contributed by atoms with van der Waals surface area (Å²) in [6.45, 7) is 5.02. The maximum Gasteiger partial charge on any atom is 0.340 e. The molecule has 0 aliphatic carbocycles. The minimum atomic E-state index is -1.52. The van der Waals surface area contributed by atoms with Gasteiger partial charge in [-0.15, -0.1) is 0 Å². The number of aliphatic hydroxyl groups excluding tert-OH is 1. The molecule has 0 spiro atoms. The molecule has 6 heteroatoms. The second-order valence-electron chi connectivity index (χ2n) is 4.79. The lowest BCUT2D eigenvalue weighted by Gasteiger charge is -2.21. The lowest BCUT2D eigenvalue weighted by Crippen LogP contribution is -2.27. The van der Waals surface area contributed by atoms with E-state index < -0.39 is 22.6 Å². The number of ether oxygens (including phenoxy) is 1. The van der Waals surface area contributed by atoms with Gasteiger partial charge in [-0.2, -0.15) is 0 Å². The first-order chi connectivity index (χ1) is 8.20. The zero-order valence-corrected chi connectivity index (χ0v) is 10.4. The largest absolute Gasteiger partial charge is 0.458 e. The Morgan fingerprint density at radius 3 is 2.56 bits per heavy atom. The average Bonchev–Trinajstić information content (AvgIpc) is 2.26. The first kappa shape index (κ1) is 14.1. The Kier molecular flexibility index (Phi) is 4.03. The third-order valence-electron chi connectivity index (χ3n) is 2.03. The van der Waals surface area contributed by atoms with Crippen LogP contribution in [0.3, 0.4) is 0 Å². The van der Waals surface area contributed by atoms with Crippen molar-refractivity contribution >= 4 is 11.7 Å². The Morgan fingerprint density at radius 2 is 2.06 bits per heavy atom. The lowest BCUT2D eigenvalue weighted by atomic mass is 10.1. The van der Waals surface area contributed by atoms with Crippen molar-refractivity contribution in [1.29, 1.82) is 0 Å². The van der Waals surface area contributed by atoms with Gasteiger partial charge in [0.1, 0.15) is 5.60 Å². The van der Waals surface area contributed by atoms with Crippen molar-refractivity contribution in [3.63, 3.8) is 0 Å². The monoisotopic (exact) mass is 253 g/mol. The highest BCUT2D eigenvalue weighted by atomic mass is 16.6. The molecule has 0 aromatic heterocycles. The van der Waals surface area contributed by atoms with Crippen LogP contribution in [0.2, 0.25) is 0 Å². The van der Waals surface area contributed by atoms with E-state index in [1.165, 1.54) is 18.2 Å². The quantitative estimate of drug-likeness (QED) is 0.505. The molecule has 1 aromatic carbocycles. The van der Waals surface area contributed by atoms with Gasteiger partial charge in [-0.3, -0.25) is 10.1 Å². The normalized spacial score (nSPS) is 12.9. The third-order valence-corrected chi connectivity index (χ3v) is 2.03. The number of non-ortho nitro benzene ring substituents is 1. The van der Waals surface area contributed by atoms with E-state index in [1.807, 2.05) is 0 Å². The van der Waals surface area contributed by atoms with Crippen LogP contribution in [0.25, 0.3) is 0 Å². The second kappa shape index (κ2) is 5.14. The summed E-state index contributed by atoms with van der Waals surface area (Å²) in [6.07, 6.45) is -1.52. The number of nitro groups is 1. The van der Waals surface area contributed by atoms with E-state index >= 15 is 0 Å². The summed E-state index contributed by atoms with van der Waals surface area (Å²) in [7, 11) is 0. The molecule has 0 saturated carbocycles. The van der Waals surface area contributed by atoms with Gasteiger partial charge in [0.2, 0.25) is 0 Å². The number of carbonyl (C=O) groups is 1. The lowest BCUT2D eigenvalue weighted by molar-refractivity contribution is -0.385. The van der Waals surface area contributed by atoms with Crippen LogP contribution in [0.5, 0.6) is 0 Å². The maximum atomic E-state index is 11.6. The highest BCUT2D eigenvalue weighted by Crippen LogP contribution is 2.22. The van der Waals surface area contributed by atoms with E-state index in [-0.39, 0.29) is 11.3 Å². The summed E-state index contributed by atoms with van der Waals surface area (Å²) in [5.41, 5.74) is -0.771. The van der Waals surface area contributed by atoms with E-state index in [1.54, 1.807) is 20.8 Å². The van der Waals surface area contributed by atoms with Gasteiger partial charge in [0.25, 0.3) is 5.69 Å². The number of carbonyl (C=O) groups excluding carboxylic acids is 1. The molecule has 1 atom stereocenters. The Morgan fingerprint density at radius 1 is 1.44 bits per heavy atom. The number of benzene rings is 1. The second-order valence-corrected chi connectivity index (χ2v) is 4.79. The van der Waals surface area contributed by atoms with E-state index in [0.717, 1.165) is 6.07 Å². The smallest absolute Gasteiger partial charge is 0.340 e. The molecule has 0 saturated heterocycles. The summed E-state index contributed by atoms with van der Waals surface area (Å²) < 4.78 is 5.00. The van der Waals surface area contributed by atoms with E-state index in [9.17, 15) is 20.0 Å². The molecular formula is C12H15NO5. The molecule has 1 aromatic rings. The van der Waals surface area contributed by atoms with Crippen molar-refractivity contribution in [2.24, 2.45) is 0 Å². The Balaban J connectivity index is 2.90. The molecule has 0 aliphatic heterocycles. The first-order valence-electron chi connectivity index (χ1n) is 5.36. The molecule has 0 aliphatic rings. The number of hydrogen-bond donors (Lipinski definition) is 1. The SMILES string of the molecule is CC(C)(C)OC(=O)C(O)c1cccc([N+](=O)[O-])c1. The molecule has 0 fully saturated rings. The van der Waals surface area contributed by atoms with Gasteiger partial charge < -0.3 is 9.84 Å². The molecule has 1 rings (SSSR count). The number of esters is 1. The molecule has 1 N–H and O–H groups in total. The topological polar surface area (TPSA) is 89.7 Å². The van der Waals surface area contributed by atoms with Crippen LogP contribution in [-0.4, -0.2) is 21.6 Å². The zero-order valence-electron chi connectivity index (χ0n) is 10.4. The fourth-order valence-electron chi connectivity index (χ4n) is 1.30. The van der Waals surface area contributed by atoms with Gasteiger partial charge in [0.15, 0.2) is 6.10 Å². The molecule has 0 bridgehead atoms. The van der Waals surface area contributed by atoms with Gasteiger partial charge in [-0.05, 0) is 26.3 Å². The Labute approximate surface area is 104 Å². The summed E-state index contributed by atoms with van der Waals surface area (Å²) in [5, 5.41) is 20.3. The zero-order chi connectivity index (χ0) is 13.9. The number of aliphatic hydroxyl groups is 1. The van der Waals surface area contributed by atoms with Gasteiger partial charge in [0, 0.05) is 12.1 Å². The molecule has 0 radical (unpaired) electrons. The number of rotatable bonds is 3. The number of nitrogens with zero attached hydrogens (tertiary/aromatic N) is 1. The summed E-state index contributed by atoms with van der Waals surface area (Å²) in [5.74, 6) is -0.831. The van der Waals surface area contributed by atoms with Crippen molar-refractivity contribution in [2.45, 2.75) is 32.5 Å². The third kappa shape index (κ3) is 3.81. The Bertz CT molecular complexity index is 464. The summed E-state index contributed by atoms with van der Waals surface area (Å²) in [6, 6.07) is 5.27. The molecule has 6 nitrogen and oxygen atoms in total. The minimum absolute atomic E-state index is 0.137. The number of nitro benzene ring substituents is 1. The predicted octanol–water partition coefficient (Wildman–Crippen LogP) is 1.97. The van der Waals surface area contributed by atoms with Crippen LogP contribution in [-0.2, 0) is 9.53 Å². The molecule has 0 heterocycles. The van der Waals surface area contributed by atoms with Gasteiger partial charge in [0.05, 0.1) is 4.92 Å². The fraction of sp³-hybridized carbons (Fsp3) is 0.417. The summed E-state index contributed by atoms with van der Waals surface area (Å²) in [4.78, 5) is 21.6. The fourth-order valence-corrected chi connectivity index (χ4v) is 1.30. The predicted molar refractivity (Wildman–Crippen MR) is 63.9 cm³/mol. The maximum absolute atomic E-state index is 11.6. The van der Waals surface area contributed by atoms with E-state index in [2.05, 4.69) is 0 Å². The van der Waals surface area contributed by atoms with Crippen LogP contribution in [0.1, 0.15) is 32.4 Å². The standard InChI is InChI=1S/C12H15NO5/c1-12(2,3)18-11(15)10(14)8-5-4-6-9(7-8)13(16)17/h4-7,10,14H,1-3H3. The van der Waals surface area contributed by atoms with Crippen molar-refractivity contribution < 1.29 is 19.6 Å². The van der Waals surface area contributed by atoms with Crippen LogP contribution in [0, 0.1) is 10.1 Å². The van der Waals surface area contributed by atoms with Crippen molar-refractivity contribution in [3.05, 3.63) is 39.9 Å². The number of hydrogen-bond acceptors (Lipinski definition) is 5. The summed E-state index contributed by atoms with van der Waals surface area (Å²) >= 11 is 0. The van der Waals surface area contributed by atoms with Crippen LogP contribution in [0.15, 0.2) is 24.3 Å². The highest BCUT2D eigenvalue weighted by Gasteiger charge is 2.25. The van der Waals surface area contributed by atoms with E-state index in [0.29, 0.717) is 0 Å². The van der Waals surface area contributed by atoms with Crippen LogP contribution in [0.4, 0.5) is 5.69 Å². The molecule has 98 valence electrons. The van der Waals surface area contributed by atoms with Crippen molar-refractivity contribution in [3.8, 4) is 0 Å².